The number of ketones is 1. The Balaban J connectivity index is 1.99. The van der Waals surface area contributed by atoms with Gasteiger partial charge < -0.3 is 0 Å². The zero-order chi connectivity index (χ0) is 13.9. The van der Waals surface area contributed by atoms with Crippen molar-refractivity contribution in [1.29, 1.82) is 5.26 Å². The van der Waals surface area contributed by atoms with Crippen LogP contribution < -0.4 is 0 Å². The van der Waals surface area contributed by atoms with Crippen LogP contribution >= 0.6 is 0 Å². The number of benzene rings is 1. The zero-order valence-corrected chi connectivity index (χ0v) is 11.5. The molecule has 98 valence electrons. The van der Waals surface area contributed by atoms with Gasteiger partial charge in [0.1, 0.15) is 0 Å². The highest BCUT2D eigenvalue weighted by atomic mass is 16.1. The quantitative estimate of drug-likeness (QED) is 0.765. The lowest BCUT2D eigenvalue weighted by Gasteiger charge is -2.50. The summed E-state index contributed by atoms with van der Waals surface area (Å²) in [7, 11) is 0. The van der Waals surface area contributed by atoms with Gasteiger partial charge in [-0.05, 0) is 29.4 Å². The van der Waals surface area contributed by atoms with E-state index in [0.29, 0.717) is 12.3 Å². The minimum atomic E-state index is -0.0478. The van der Waals surface area contributed by atoms with Crippen LogP contribution in [0, 0.1) is 28.6 Å². The van der Waals surface area contributed by atoms with Crippen LogP contribution in [-0.2, 0) is 4.79 Å². The highest BCUT2D eigenvalue weighted by Crippen LogP contribution is 2.53. The summed E-state index contributed by atoms with van der Waals surface area (Å²) in [6, 6.07) is 12.1. The lowest BCUT2D eigenvalue weighted by molar-refractivity contribution is -0.132. The third kappa shape index (κ3) is 2.76. The molecule has 0 heterocycles. The molecular formula is C17H19NO. The molecule has 2 nitrogen and oxygen atoms in total. The van der Waals surface area contributed by atoms with Gasteiger partial charge in [-0.1, -0.05) is 50.3 Å². The maximum Gasteiger partial charge on any atom is 0.159 e. The molecule has 2 unspecified atom stereocenters. The molecule has 1 aliphatic carbocycles. The summed E-state index contributed by atoms with van der Waals surface area (Å²) in [6.45, 7) is 4.19. The average Bonchev–Trinajstić information content (AvgIpc) is 2.41. The van der Waals surface area contributed by atoms with Crippen LogP contribution in [0.2, 0.25) is 0 Å². The maximum absolute atomic E-state index is 12.2. The molecule has 0 saturated heterocycles. The van der Waals surface area contributed by atoms with Crippen molar-refractivity contribution in [3.05, 3.63) is 42.0 Å². The largest absolute Gasteiger partial charge is 0.295 e. The van der Waals surface area contributed by atoms with Gasteiger partial charge in [-0.25, -0.2) is 0 Å². The van der Waals surface area contributed by atoms with E-state index >= 15 is 0 Å². The molecule has 0 radical (unpaired) electrons. The van der Waals surface area contributed by atoms with Gasteiger partial charge in [-0.3, -0.25) is 4.79 Å². The van der Waals surface area contributed by atoms with Crippen molar-refractivity contribution in [2.45, 2.75) is 26.7 Å². The predicted octanol–water partition coefficient (Wildman–Crippen LogP) is 3.84. The highest BCUT2D eigenvalue weighted by molar-refractivity contribution is 5.96. The fraction of sp³-hybridized carbons (Fsp3) is 0.412. The monoisotopic (exact) mass is 253 g/mol. The number of allylic oxidation sites excluding steroid dienone is 1. The molecule has 2 atom stereocenters. The Labute approximate surface area is 114 Å². The standard InChI is InChI=1S/C17H19NO/c1-17(2)14(10-11-18)12-15(17)16(19)9-8-13-6-4-3-5-7-13/h3-9,14-15H,10,12H2,1-2H3/b9-8+. The summed E-state index contributed by atoms with van der Waals surface area (Å²) >= 11 is 0. The minimum Gasteiger partial charge on any atom is -0.295 e. The molecule has 0 aromatic heterocycles. The third-order valence-corrected chi connectivity index (χ3v) is 4.39. The van der Waals surface area contributed by atoms with Crippen molar-refractivity contribution in [1.82, 2.24) is 0 Å². The van der Waals surface area contributed by atoms with Gasteiger partial charge >= 0.3 is 0 Å². The molecule has 0 aliphatic heterocycles. The molecule has 0 spiro atoms. The number of hydrogen-bond donors (Lipinski definition) is 0. The maximum atomic E-state index is 12.2. The van der Waals surface area contributed by atoms with Crippen molar-refractivity contribution in [2.75, 3.05) is 0 Å². The molecule has 0 bridgehead atoms. The van der Waals surface area contributed by atoms with E-state index in [1.807, 2.05) is 36.4 Å². The highest BCUT2D eigenvalue weighted by Gasteiger charge is 2.50. The van der Waals surface area contributed by atoms with E-state index in [4.69, 9.17) is 5.26 Å². The Morgan fingerprint density at radius 1 is 1.42 bits per heavy atom. The summed E-state index contributed by atoms with van der Waals surface area (Å²) in [5.41, 5.74) is 0.995. The number of nitriles is 1. The minimum absolute atomic E-state index is 0.0478. The van der Waals surface area contributed by atoms with Crippen LogP contribution in [0.15, 0.2) is 36.4 Å². The number of hydrogen-bond acceptors (Lipinski definition) is 2. The Bertz CT molecular complexity index is 522. The number of nitrogens with zero attached hydrogens (tertiary/aromatic N) is 1. The fourth-order valence-corrected chi connectivity index (χ4v) is 2.81. The van der Waals surface area contributed by atoms with Crippen LogP contribution in [0.5, 0.6) is 0 Å². The van der Waals surface area contributed by atoms with E-state index in [9.17, 15) is 4.79 Å². The predicted molar refractivity (Wildman–Crippen MR) is 76.1 cm³/mol. The van der Waals surface area contributed by atoms with Crippen LogP contribution in [0.4, 0.5) is 0 Å². The smallest absolute Gasteiger partial charge is 0.159 e. The second-order valence-electron chi connectivity index (χ2n) is 5.82. The summed E-state index contributed by atoms with van der Waals surface area (Å²) in [6.07, 6.45) is 4.96. The molecule has 1 aliphatic rings. The Kier molecular flexibility index (Phi) is 3.85. The lowest BCUT2D eigenvalue weighted by Crippen LogP contribution is -2.48. The zero-order valence-electron chi connectivity index (χ0n) is 11.5. The van der Waals surface area contributed by atoms with Crippen molar-refractivity contribution in [3.63, 3.8) is 0 Å². The molecule has 0 N–H and O–H groups in total. The number of carbonyl (C=O) groups is 1. The van der Waals surface area contributed by atoms with Gasteiger partial charge in [-0.2, -0.15) is 5.26 Å². The first kappa shape index (κ1) is 13.5. The first-order chi connectivity index (χ1) is 9.05. The summed E-state index contributed by atoms with van der Waals surface area (Å²) < 4.78 is 0. The van der Waals surface area contributed by atoms with Crippen LogP contribution in [0.1, 0.15) is 32.3 Å². The summed E-state index contributed by atoms with van der Waals surface area (Å²) in [4.78, 5) is 12.2. The van der Waals surface area contributed by atoms with E-state index < -0.39 is 0 Å². The van der Waals surface area contributed by atoms with E-state index in [1.165, 1.54) is 0 Å². The second kappa shape index (κ2) is 5.40. The van der Waals surface area contributed by atoms with Crippen LogP contribution in [0.25, 0.3) is 6.08 Å². The van der Waals surface area contributed by atoms with Gasteiger partial charge in [-0.15, -0.1) is 0 Å². The fourth-order valence-electron chi connectivity index (χ4n) is 2.81. The molecule has 1 aromatic rings. The molecule has 2 rings (SSSR count). The second-order valence-corrected chi connectivity index (χ2v) is 5.82. The molecule has 2 heteroatoms. The topological polar surface area (TPSA) is 40.9 Å². The summed E-state index contributed by atoms with van der Waals surface area (Å²) in [5, 5.41) is 8.76. The third-order valence-electron chi connectivity index (χ3n) is 4.39. The molecule has 0 amide bonds. The van der Waals surface area contributed by atoms with E-state index in [-0.39, 0.29) is 17.1 Å². The first-order valence-electron chi connectivity index (χ1n) is 6.69. The first-order valence-corrected chi connectivity index (χ1v) is 6.69. The van der Waals surface area contributed by atoms with Crippen LogP contribution in [0.3, 0.4) is 0 Å². The Morgan fingerprint density at radius 2 is 2.11 bits per heavy atom. The molecular weight excluding hydrogens is 234 g/mol. The van der Waals surface area contributed by atoms with Gasteiger partial charge in [0.2, 0.25) is 0 Å². The number of carbonyl (C=O) groups excluding carboxylic acids is 1. The van der Waals surface area contributed by atoms with Gasteiger partial charge in [0.15, 0.2) is 5.78 Å². The Hall–Kier alpha value is -1.88. The number of rotatable bonds is 4. The van der Waals surface area contributed by atoms with Crippen LogP contribution in [-0.4, -0.2) is 5.78 Å². The molecule has 1 aromatic carbocycles. The van der Waals surface area contributed by atoms with Gasteiger partial charge in [0.05, 0.1) is 6.07 Å². The van der Waals surface area contributed by atoms with E-state index in [2.05, 4.69) is 19.9 Å². The van der Waals surface area contributed by atoms with Crippen molar-refractivity contribution < 1.29 is 4.79 Å². The normalized spacial score (nSPS) is 24.7. The molecule has 1 saturated carbocycles. The van der Waals surface area contributed by atoms with Crippen molar-refractivity contribution in [2.24, 2.45) is 17.3 Å². The van der Waals surface area contributed by atoms with E-state index in [0.717, 1.165) is 12.0 Å². The molecule has 1 fully saturated rings. The van der Waals surface area contributed by atoms with E-state index in [1.54, 1.807) is 6.08 Å². The SMILES string of the molecule is CC1(C)C(CC#N)CC1C(=O)/C=C/c1ccccc1. The van der Waals surface area contributed by atoms with Gasteiger partial charge in [0.25, 0.3) is 0 Å². The Morgan fingerprint density at radius 3 is 2.68 bits per heavy atom. The average molecular weight is 253 g/mol. The van der Waals surface area contributed by atoms with Crippen molar-refractivity contribution in [3.8, 4) is 6.07 Å². The van der Waals surface area contributed by atoms with Gasteiger partial charge in [0, 0.05) is 12.3 Å². The molecule has 19 heavy (non-hydrogen) atoms. The lowest BCUT2D eigenvalue weighted by atomic mass is 9.52. The summed E-state index contributed by atoms with van der Waals surface area (Å²) in [5.74, 6) is 0.602. The van der Waals surface area contributed by atoms with Crippen molar-refractivity contribution >= 4 is 11.9 Å².